The van der Waals surface area contributed by atoms with Crippen molar-refractivity contribution >= 4 is 52.2 Å². The summed E-state index contributed by atoms with van der Waals surface area (Å²) in [7, 11) is 0. The van der Waals surface area contributed by atoms with Crippen LogP contribution in [-0.4, -0.2) is 10.9 Å². The number of carbonyl (C=O) groups is 1. The molecule has 1 aromatic carbocycles. The van der Waals surface area contributed by atoms with E-state index < -0.39 is 5.91 Å². The van der Waals surface area contributed by atoms with Crippen LogP contribution in [0.2, 0.25) is 10.0 Å². The molecular formula is C11H9Cl2N3OS2. The predicted octanol–water partition coefficient (Wildman–Crippen LogP) is 3.35. The maximum Gasteiger partial charge on any atom is 0.294 e. The molecule has 1 heterocycles. The molecule has 4 nitrogen and oxygen atoms in total. The first-order chi connectivity index (χ1) is 9.11. The van der Waals surface area contributed by atoms with Gasteiger partial charge in [-0.15, -0.1) is 23.1 Å². The second-order valence-electron chi connectivity index (χ2n) is 3.46. The van der Waals surface area contributed by atoms with Gasteiger partial charge in [-0.3, -0.25) is 10.2 Å². The molecule has 0 aliphatic heterocycles. The van der Waals surface area contributed by atoms with Gasteiger partial charge in [-0.1, -0.05) is 29.3 Å². The van der Waals surface area contributed by atoms with E-state index in [1.54, 1.807) is 18.2 Å². The highest BCUT2D eigenvalue weighted by Gasteiger charge is 2.11. The van der Waals surface area contributed by atoms with Crippen molar-refractivity contribution in [2.45, 2.75) is 10.6 Å². The fourth-order valence-corrected chi connectivity index (χ4v) is 3.71. The molecule has 0 unspecified atom stereocenters. The summed E-state index contributed by atoms with van der Waals surface area (Å²) in [6.45, 7) is 0. The number of aromatic nitrogens is 1. The molecular weight excluding hydrogens is 325 g/mol. The third-order valence-corrected chi connectivity index (χ3v) is 5.07. The summed E-state index contributed by atoms with van der Waals surface area (Å²) in [5.41, 5.74) is 2.83. The summed E-state index contributed by atoms with van der Waals surface area (Å²) in [6, 6.07) is 5.36. The number of hydrogen-bond donors (Lipinski definition) is 2. The van der Waals surface area contributed by atoms with Crippen LogP contribution in [0.1, 0.15) is 15.5 Å². The number of hydrazine groups is 1. The van der Waals surface area contributed by atoms with Gasteiger partial charge in [-0.05, 0) is 12.1 Å². The summed E-state index contributed by atoms with van der Waals surface area (Å²) in [5, 5.41) is 3.35. The number of nitrogens with two attached hydrogens (primary N) is 1. The van der Waals surface area contributed by atoms with Gasteiger partial charge in [0.05, 0.1) is 15.7 Å². The van der Waals surface area contributed by atoms with Gasteiger partial charge in [0.15, 0.2) is 5.01 Å². The number of halogens is 2. The molecule has 0 saturated carbocycles. The van der Waals surface area contributed by atoms with Gasteiger partial charge in [-0.25, -0.2) is 10.8 Å². The highest BCUT2D eigenvalue weighted by atomic mass is 35.5. The van der Waals surface area contributed by atoms with Crippen LogP contribution in [0.4, 0.5) is 0 Å². The minimum Gasteiger partial charge on any atom is -0.288 e. The Morgan fingerprint density at radius 2 is 2.11 bits per heavy atom. The van der Waals surface area contributed by atoms with E-state index in [1.165, 1.54) is 23.1 Å². The van der Waals surface area contributed by atoms with Gasteiger partial charge in [-0.2, -0.15) is 0 Å². The van der Waals surface area contributed by atoms with E-state index in [-0.39, 0.29) is 0 Å². The SMILES string of the molecule is NNC(=O)c1nc(CSc2c(Cl)cccc2Cl)cs1. The number of amides is 1. The number of hydrogen-bond acceptors (Lipinski definition) is 5. The maximum absolute atomic E-state index is 11.3. The van der Waals surface area contributed by atoms with E-state index in [2.05, 4.69) is 4.98 Å². The van der Waals surface area contributed by atoms with E-state index >= 15 is 0 Å². The average molecular weight is 334 g/mol. The fourth-order valence-electron chi connectivity index (χ4n) is 1.31. The Morgan fingerprint density at radius 3 is 2.74 bits per heavy atom. The molecule has 19 heavy (non-hydrogen) atoms. The zero-order valence-electron chi connectivity index (χ0n) is 9.52. The van der Waals surface area contributed by atoms with Crippen LogP contribution in [0.25, 0.3) is 0 Å². The number of thiazole rings is 1. The molecule has 8 heteroatoms. The Hall–Kier alpha value is -0.790. The Bertz CT molecular complexity index is 583. The Kier molecular flexibility index (Phi) is 5.06. The van der Waals surface area contributed by atoms with Crippen LogP contribution in [0.3, 0.4) is 0 Å². The molecule has 2 rings (SSSR count). The molecule has 0 saturated heterocycles. The molecule has 1 aromatic heterocycles. The maximum atomic E-state index is 11.3. The molecule has 0 spiro atoms. The van der Waals surface area contributed by atoms with E-state index in [0.717, 1.165) is 10.6 Å². The van der Waals surface area contributed by atoms with Crippen LogP contribution in [0.15, 0.2) is 28.5 Å². The van der Waals surface area contributed by atoms with Gasteiger partial charge >= 0.3 is 0 Å². The Labute approximate surface area is 128 Å². The second kappa shape index (κ2) is 6.58. The van der Waals surface area contributed by atoms with Gasteiger partial charge < -0.3 is 0 Å². The fraction of sp³-hybridized carbons (Fsp3) is 0.0909. The van der Waals surface area contributed by atoms with Crippen molar-refractivity contribution in [1.82, 2.24) is 10.4 Å². The zero-order valence-corrected chi connectivity index (χ0v) is 12.7. The van der Waals surface area contributed by atoms with Crippen molar-refractivity contribution in [3.63, 3.8) is 0 Å². The standard InChI is InChI=1S/C11H9Cl2N3OS2/c12-7-2-1-3-8(13)9(7)18-4-6-5-19-11(15-6)10(17)16-14/h1-3,5H,4,14H2,(H,16,17). The van der Waals surface area contributed by atoms with Crippen molar-refractivity contribution in [2.24, 2.45) is 5.84 Å². The first-order valence-corrected chi connectivity index (χ1v) is 7.76. The molecule has 0 atom stereocenters. The third-order valence-electron chi connectivity index (χ3n) is 2.16. The largest absolute Gasteiger partial charge is 0.294 e. The van der Waals surface area contributed by atoms with Crippen LogP contribution >= 0.6 is 46.3 Å². The lowest BCUT2D eigenvalue weighted by Gasteiger charge is -2.04. The number of thioether (sulfide) groups is 1. The van der Waals surface area contributed by atoms with E-state index in [9.17, 15) is 4.79 Å². The van der Waals surface area contributed by atoms with Crippen molar-refractivity contribution in [1.29, 1.82) is 0 Å². The normalized spacial score (nSPS) is 10.5. The van der Waals surface area contributed by atoms with Crippen molar-refractivity contribution in [3.8, 4) is 0 Å². The first kappa shape index (κ1) is 14.6. The van der Waals surface area contributed by atoms with Gasteiger partial charge in [0, 0.05) is 16.0 Å². The number of nitrogens with one attached hydrogen (secondary N) is 1. The summed E-state index contributed by atoms with van der Waals surface area (Å²) in [6.07, 6.45) is 0. The molecule has 0 fully saturated rings. The lowest BCUT2D eigenvalue weighted by Crippen LogP contribution is -2.29. The van der Waals surface area contributed by atoms with Gasteiger partial charge in [0.2, 0.25) is 0 Å². The number of benzene rings is 1. The smallest absolute Gasteiger partial charge is 0.288 e. The van der Waals surface area contributed by atoms with Crippen LogP contribution < -0.4 is 11.3 Å². The zero-order chi connectivity index (χ0) is 13.8. The molecule has 0 radical (unpaired) electrons. The number of carbonyl (C=O) groups excluding carboxylic acids is 1. The highest BCUT2D eigenvalue weighted by Crippen LogP contribution is 2.35. The lowest BCUT2D eigenvalue weighted by molar-refractivity contribution is 0.0953. The summed E-state index contributed by atoms with van der Waals surface area (Å²) in [5.74, 6) is 5.23. The topological polar surface area (TPSA) is 68.0 Å². The molecule has 1 amide bonds. The van der Waals surface area contributed by atoms with Crippen molar-refractivity contribution in [3.05, 3.63) is 44.3 Å². The van der Waals surface area contributed by atoms with Crippen LogP contribution in [0, 0.1) is 0 Å². The number of nitrogens with zero attached hydrogens (tertiary/aromatic N) is 1. The van der Waals surface area contributed by atoms with Gasteiger partial charge in [0.25, 0.3) is 5.91 Å². The van der Waals surface area contributed by atoms with E-state index in [0.29, 0.717) is 20.8 Å². The summed E-state index contributed by atoms with van der Waals surface area (Å²) >= 11 is 14.9. The molecule has 0 bridgehead atoms. The number of nitrogen functional groups attached to an aromatic ring is 1. The quantitative estimate of drug-likeness (QED) is 0.389. The van der Waals surface area contributed by atoms with E-state index in [1.807, 2.05) is 10.8 Å². The molecule has 0 aliphatic rings. The third kappa shape index (κ3) is 3.61. The van der Waals surface area contributed by atoms with Crippen molar-refractivity contribution in [2.75, 3.05) is 0 Å². The molecule has 0 aliphatic carbocycles. The Balaban J connectivity index is 2.07. The molecule has 3 N–H and O–H groups in total. The first-order valence-electron chi connectivity index (χ1n) is 5.14. The minimum absolute atomic E-state index is 0.336. The van der Waals surface area contributed by atoms with Crippen LogP contribution in [-0.2, 0) is 5.75 Å². The molecule has 2 aromatic rings. The predicted molar refractivity (Wildman–Crippen MR) is 79.8 cm³/mol. The highest BCUT2D eigenvalue weighted by molar-refractivity contribution is 7.98. The minimum atomic E-state index is -0.392. The number of rotatable bonds is 4. The van der Waals surface area contributed by atoms with Gasteiger partial charge in [0.1, 0.15) is 0 Å². The summed E-state index contributed by atoms with van der Waals surface area (Å²) < 4.78 is 0. The monoisotopic (exact) mass is 333 g/mol. The molecule has 100 valence electrons. The second-order valence-corrected chi connectivity index (χ2v) is 6.12. The van der Waals surface area contributed by atoms with Crippen molar-refractivity contribution < 1.29 is 4.79 Å². The lowest BCUT2D eigenvalue weighted by atomic mass is 10.4. The Morgan fingerprint density at radius 1 is 1.42 bits per heavy atom. The summed E-state index contributed by atoms with van der Waals surface area (Å²) in [4.78, 5) is 16.3. The van der Waals surface area contributed by atoms with Crippen LogP contribution in [0.5, 0.6) is 0 Å². The van der Waals surface area contributed by atoms with E-state index in [4.69, 9.17) is 29.0 Å². The average Bonchev–Trinajstić information content (AvgIpc) is 2.86.